The number of aryl methyl sites for hydroxylation is 2. The highest BCUT2D eigenvalue weighted by Crippen LogP contribution is 2.24. The third-order valence-corrected chi connectivity index (χ3v) is 3.64. The van der Waals surface area contributed by atoms with E-state index >= 15 is 0 Å². The Morgan fingerprint density at radius 1 is 1.25 bits per heavy atom. The van der Waals surface area contributed by atoms with Crippen molar-refractivity contribution in [2.24, 2.45) is 0 Å². The topological polar surface area (TPSA) is 25.2 Å². The summed E-state index contributed by atoms with van der Waals surface area (Å²) in [4.78, 5) is 0. The molecule has 1 unspecified atom stereocenters. The van der Waals surface area contributed by atoms with Gasteiger partial charge in [0.25, 0.3) is 0 Å². The summed E-state index contributed by atoms with van der Waals surface area (Å²) in [6.07, 6.45) is 3.64. The van der Waals surface area contributed by atoms with Gasteiger partial charge in [0.05, 0.1) is 6.26 Å². The van der Waals surface area contributed by atoms with E-state index in [-0.39, 0.29) is 11.9 Å². The van der Waals surface area contributed by atoms with E-state index in [1.165, 1.54) is 17.2 Å². The summed E-state index contributed by atoms with van der Waals surface area (Å²) in [6.45, 7) is 7.04. The molecule has 20 heavy (non-hydrogen) atoms. The van der Waals surface area contributed by atoms with Gasteiger partial charge in [-0.15, -0.1) is 0 Å². The molecule has 1 aromatic heterocycles. The van der Waals surface area contributed by atoms with Crippen LogP contribution in [0.5, 0.6) is 0 Å². The van der Waals surface area contributed by atoms with E-state index in [4.69, 9.17) is 4.42 Å². The Balaban J connectivity index is 2.21. The molecule has 0 fully saturated rings. The van der Waals surface area contributed by atoms with Gasteiger partial charge in [0.15, 0.2) is 0 Å². The molecule has 0 saturated carbocycles. The molecule has 0 saturated heterocycles. The van der Waals surface area contributed by atoms with Gasteiger partial charge >= 0.3 is 0 Å². The summed E-state index contributed by atoms with van der Waals surface area (Å²) >= 11 is 0. The number of benzene rings is 1. The number of rotatable bonds is 6. The van der Waals surface area contributed by atoms with Crippen molar-refractivity contribution >= 4 is 0 Å². The maximum Gasteiger partial charge on any atom is 0.123 e. The second-order valence-corrected chi connectivity index (χ2v) is 5.21. The highest BCUT2D eigenvalue weighted by Gasteiger charge is 2.16. The van der Waals surface area contributed by atoms with E-state index in [2.05, 4.69) is 12.2 Å². The Hall–Kier alpha value is -1.61. The standard InChI is InChI=1S/C17H22FNO/c1-4-8-19-17(16-7-9-20-13(16)3)11-14-5-6-15(18)10-12(14)2/h5-7,9-10,17,19H,4,8,11H2,1-3H3. The lowest BCUT2D eigenvalue weighted by Gasteiger charge is -2.19. The second-order valence-electron chi connectivity index (χ2n) is 5.21. The fourth-order valence-electron chi connectivity index (χ4n) is 2.48. The lowest BCUT2D eigenvalue weighted by Crippen LogP contribution is -2.24. The average molecular weight is 275 g/mol. The van der Waals surface area contributed by atoms with Crippen LogP contribution in [0.15, 0.2) is 34.9 Å². The molecule has 0 aliphatic heterocycles. The van der Waals surface area contributed by atoms with Crippen LogP contribution in [0, 0.1) is 19.7 Å². The molecule has 0 bridgehead atoms. The number of hydrogen-bond acceptors (Lipinski definition) is 2. The third kappa shape index (κ3) is 3.48. The third-order valence-electron chi connectivity index (χ3n) is 3.64. The summed E-state index contributed by atoms with van der Waals surface area (Å²) in [6, 6.07) is 7.22. The zero-order valence-corrected chi connectivity index (χ0v) is 12.4. The Morgan fingerprint density at radius 2 is 2.05 bits per heavy atom. The molecule has 108 valence electrons. The van der Waals surface area contributed by atoms with E-state index in [0.29, 0.717) is 0 Å². The molecular formula is C17H22FNO. The molecule has 1 aromatic carbocycles. The lowest BCUT2D eigenvalue weighted by molar-refractivity contribution is 0.493. The highest BCUT2D eigenvalue weighted by atomic mass is 19.1. The average Bonchev–Trinajstić information content (AvgIpc) is 2.83. The minimum atomic E-state index is -0.177. The summed E-state index contributed by atoms with van der Waals surface area (Å²) in [5.41, 5.74) is 3.34. The molecule has 1 atom stereocenters. The van der Waals surface area contributed by atoms with Gasteiger partial charge in [0.1, 0.15) is 11.6 Å². The van der Waals surface area contributed by atoms with Gasteiger partial charge in [-0.25, -0.2) is 4.39 Å². The highest BCUT2D eigenvalue weighted by molar-refractivity contribution is 5.30. The maximum absolute atomic E-state index is 13.2. The van der Waals surface area contributed by atoms with Gasteiger partial charge in [-0.2, -0.15) is 0 Å². The van der Waals surface area contributed by atoms with Crippen LogP contribution in [-0.4, -0.2) is 6.54 Å². The number of furan rings is 1. The number of nitrogens with one attached hydrogen (secondary N) is 1. The fraction of sp³-hybridized carbons (Fsp3) is 0.412. The molecule has 1 heterocycles. The first-order chi connectivity index (χ1) is 9.61. The van der Waals surface area contributed by atoms with Crippen LogP contribution in [0.25, 0.3) is 0 Å². The zero-order chi connectivity index (χ0) is 14.5. The Labute approximate surface area is 120 Å². The Kier molecular flexibility index (Phi) is 4.96. The minimum absolute atomic E-state index is 0.177. The molecule has 1 N–H and O–H groups in total. The maximum atomic E-state index is 13.2. The van der Waals surface area contributed by atoms with Crippen molar-refractivity contribution in [1.82, 2.24) is 5.32 Å². The SMILES string of the molecule is CCCNC(Cc1ccc(F)cc1C)c1ccoc1C. The van der Waals surface area contributed by atoms with Crippen molar-refractivity contribution in [2.45, 2.75) is 39.7 Å². The molecule has 2 nitrogen and oxygen atoms in total. The normalized spacial score (nSPS) is 12.6. The summed E-state index contributed by atoms with van der Waals surface area (Å²) in [5.74, 6) is 0.766. The second kappa shape index (κ2) is 6.71. The number of hydrogen-bond donors (Lipinski definition) is 1. The van der Waals surface area contributed by atoms with Crippen LogP contribution in [0.3, 0.4) is 0 Å². The first kappa shape index (κ1) is 14.8. The number of halogens is 1. The van der Waals surface area contributed by atoms with Gasteiger partial charge in [-0.05, 0) is 62.6 Å². The van der Waals surface area contributed by atoms with Crippen LogP contribution in [-0.2, 0) is 6.42 Å². The smallest absolute Gasteiger partial charge is 0.123 e. The van der Waals surface area contributed by atoms with Crippen molar-refractivity contribution in [2.75, 3.05) is 6.54 Å². The van der Waals surface area contributed by atoms with Gasteiger partial charge < -0.3 is 9.73 Å². The summed E-state index contributed by atoms with van der Waals surface area (Å²) < 4.78 is 18.6. The van der Waals surface area contributed by atoms with Crippen LogP contribution in [0.4, 0.5) is 4.39 Å². The predicted octanol–water partition coefficient (Wildman–Crippen LogP) is 4.32. The van der Waals surface area contributed by atoms with Crippen molar-refractivity contribution < 1.29 is 8.81 Å². The molecule has 3 heteroatoms. The zero-order valence-electron chi connectivity index (χ0n) is 12.4. The van der Waals surface area contributed by atoms with Crippen molar-refractivity contribution in [3.8, 4) is 0 Å². The lowest BCUT2D eigenvalue weighted by atomic mass is 9.96. The molecule has 0 radical (unpaired) electrons. The molecule has 0 aliphatic rings. The quantitative estimate of drug-likeness (QED) is 0.849. The van der Waals surface area contributed by atoms with E-state index < -0.39 is 0 Å². The van der Waals surface area contributed by atoms with Crippen molar-refractivity contribution in [1.29, 1.82) is 0 Å². The minimum Gasteiger partial charge on any atom is -0.469 e. The molecule has 0 amide bonds. The van der Waals surface area contributed by atoms with E-state index in [9.17, 15) is 4.39 Å². The van der Waals surface area contributed by atoms with Crippen LogP contribution >= 0.6 is 0 Å². The molecule has 0 aliphatic carbocycles. The fourth-order valence-corrected chi connectivity index (χ4v) is 2.48. The molecule has 0 spiro atoms. The van der Waals surface area contributed by atoms with Crippen LogP contribution in [0.1, 0.15) is 41.8 Å². The van der Waals surface area contributed by atoms with Gasteiger partial charge in [-0.1, -0.05) is 13.0 Å². The predicted molar refractivity (Wildman–Crippen MR) is 79.3 cm³/mol. The Morgan fingerprint density at radius 3 is 2.65 bits per heavy atom. The van der Waals surface area contributed by atoms with Gasteiger partial charge in [-0.3, -0.25) is 0 Å². The first-order valence-electron chi connectivity index (χ1n) is 7.14. The largest absolute Gasteiger partial charge is 0.469 e. The first-order valence-corrected chi connectivity index (χ1v) is 7.14. The van der Waals surface area contributed by atoms with Crippen LogP contribution in [0.2, 0.25) is 0 Å². The van der Waals surface area contributed by atoms with E-state index in [1.54, 1.807) is 12.3 Å². The molecular weight excluding hydrogens is 253 g/mol. The van der Waals surface area contributed by atoms with E-state index in [0.717, 1.165) is 30.7 Å². The Bertz CT molecular complexity index is 562. The van der Waals surface area contributed by atoms with E-state index in [1.807, 2.05) is 26.0 Å². The van der Waals surface area contributed by atoms with Crippen molar-refractivity contribution in [3.63, 3.8) is 0 Å². The van der Waals surface area contributed by atoms with Crippen LogP contribution < -0.4 is 5.32 Å². The monoisotopic (exact) mass is 275 g/mol. The van der Waals surface area contributed by atoms with Gasteiger partial charge in [0.2, 0.25) is 0 Å². The summed E-state index contributed by atoms with van der Waals surface area (Å²) in [5, 5.41) is 3.55. The molecule has 2 aromatic rings. The molecule has 2 rings (SSSR count). The summed E-state index contributed by atoms with van der Waals surface area (Å²) in [7, 11) is 0. The van der Waals surface area contributed by atoms with Gasteiger partial charge in [0, 0.05) is 11.6 Å². The van der Waals surface area contributed by atoms with Crippen molar-refractivity contribution in [3.05, 3.63) is 58.8 Å².